The quantitative estimate of drug-likeness (QED) is 0.618. The van der Waals surface area contributed by atoms with Crippen LogP contribution in [-0.4, -0.2) is 36.0 Å². The van der Waals surface area contributed by atoms with Gasteiger partial charge in [0.2, 0.25) is 0 Å². The van der Waals surface area contributed by atoms with E-state index in [1.807, 2.05) is 0 Å². The Hall–Kier alpha value is -1.32. The Kier molecular flexibility index (Phi) is 1.83. The summed E-state index contributed by atoms with van der Waals surface area (Å²) in [6.07, 6.45) is 1.34. The van der Waals surface area contributed by atoms with Crippen molar-refractivity contribution in [1.29, 1.82) is 0 Å². The number of carbonyl (C=O) groups excluding carboxylic acids is 1. The van der Waals surface area contributed by atoms with E-state index < -0.39 is 0 Å². The van der Waals surface area contributed by atoms with Crippen LogP contribution < -0.4 is 0 Å². The molecule has 4 atom stereocenters. The number of aliphatic imine (C=N–C) groups is 1. The highest BCUT2D eigenvalue weighted by Gasteiger charge is 2.83. The maximum absolute atomic E-state index is 11.9. The van der Waals surface area contributed by atoms with Gasteiger partial charge in [-0.25, -0.2) is 4.79 Å². The SMILES string of the molecule is COC(=O)N1C=NC2C3(C)C(C)=C(C)C3(C)C21C. The molecular formula is C14H20N2O2. The highest BCUT2D eigenvalue weighted by Crippen LogP contribution is 2.79. The van der Waals surface area contributed by atoms with Crippen LogP contribution in [0.3, 0.4) is 0 Å². The monoisotopic (exact) mass is 248 g/mol. The fraction of sp³-hybridized carbons (Fsp3) is 0.714. The van der Waals surface area contributed by atoms with Gasteiger partial charge in [0.15, 0.2) is 0 Å². The second-order valence-corrected chi connectivity index (χ2v) is 6.23. The molecule has 0 spiro atoms. The lowest BCUT2D eigenvalue weighted by Gasteiger charge is -2.78. The van der Waals surface area contributed by atoms with E-state index in [-0.39, 0.29) is 28.5 Å². The third-order valence-electron chi connectivity index (χ3n) is 6.42. The zero-order valence-corrected chi connectivity index (χ0v) is 11.9. The Morgan fingerprint density at radius 3 is 2.50 bits per heavy atom. The topological polar surface area (TPSA) is 41.9 Å². The van der Waals surface area contributed by atoms with Gasteiger partial charge in [0.1, 0.15) is 0 Å². The van der Waals surface area contributed by atoms with Gasteiger partial charge in [0.25, 0.3) is 0 Å². The van der Waals surface area contributed by atoms with E-state index in [1.54, 1.807) is 11.2 Å². The van der Waals surface area contributed by atoms with Crippen molar-refractivity contribution in [3.05, 3.63) is 11.1 Å². The standard InChI is InChI=1S/C14H20N2O2/c1-8-9(2)13(4)12(8,3)10-14(13,5)16(7-15-10)11(17)18-6/h7,10H,1-6H3. The van der Waals surface area contributed by atoms with Crippen LogP contribution in [0.1, 0.15) is 34.6 Å². The molecule has 4 heteroatoms. The van der Waals surface area contributed by atoms with Crippen molar-refractivity contribution in [3.63, 3.8) is 0 Å². The van der Waals surface area contributed by atoms with E-state index in [4.69, 9.17) is 4.74 Å². The second kappa shape index (κ2) is 2.81. The van der Waals surface area contributed by atoms with Crippen LogP contribution in [0, 0.1) is 10.8 Å². The molecule has 4 nitrogen and oxygen atoms in total. The first-order chi connectivity index (χ1) is 8.27. The van der Waals surface area contributed by atoms with Crippen LogP contribution in [0.5, 0.6) is 0 Å². The van der Waals surface area contributed by atoms with Crippen LogP contribution in [0.4, 0.5) is 4.79 Å². The summed E-state index contributed by atoms with van der Waals surface area (Å²) in [5, 5.41) is 0. The van der Waals surface area contributed by atoms with E-state index in [2.05, 4.69) is 39.6 Å². The summed E-state index contributed by atoms with van der Waals surface area (Å²) in [7, 11) is 1.42. The third-order valence-corrected chi connectivity index (χ3v) is 6.42. The van der Waals surface area contributed by atoms with Gasteiger partial charge < -0.3 is 4.74 Å². The zero-order valence-electron chi connectivity index (χ0n) is 11.9. The Labute approximate surface area is 108 Å². The molecule has 3 rings (SSSR count). The number of rotatable bonds is 0. The van der Waals surface area contributed by atoms with Crippen LogP contribution in [-0.2, 0) is 4.74 Å². The molecule has 1 amide bonds. The molecule has 1 aliphatic heterocycles. The molecule has 0 N–H and O–H groups in total. The summed E-state index contributed by atoms with van der Waals surface area (Å²) in [4.78, 5) is 18.2. The van der Waals surface area contributed by atoms with Crippen molar-refractivity contribution in [2.24, 2.45) is 15.8 Å². The molecule has 1 saturated carbocycles. The lowest BCUT2D eigenvalue weighted by molar-refractivity contribution is -0.170. The Morgan fingerprint density at radius 2 is 1.94 bits per heavy atom. The summed E-state index contributed by atoms with van der Waals surface area (Å²) in [5.74, 6) is 0. The summed E-state index contributed by atoms with van der Waals surface area (Å²) in [6, 6.07) is 0.151. The normalized spacial score (nSPS) is 48.3. The molecule has 98 valence electrons. The van der Waals surface area contributed by atoms with Crippen molar-refractivity contribution in [2.75, 3.05) is 7.11 Å². The Balaban J connectivity index is 2.11. The molecule has 3 aliphatic rings. The molecule has 0 radical (unpaired) electrons. The molecule has 1 fully saturated rings. The minimum atomic E-state index is -0.315. The number of carbonyl (C=O) groups is 1. The number of methoxy groups -OCH3 is 1. The van der Waals surface area contributed by atoms with Crippen molar-refractivity contribution < 1.29 is 9.53 Å². The van der Waals surface area contributed by atoms with Crippen LogP contribution in [0.15, 0.2) is 16.1 Å². The van der Waals surface area contributed by atoms with Crippen LogP contribution in [0.25, 0.3) is 0 Å². The molecule has 1 heterocycles. The summed E-state index contributed by atoms with van der Waals surface area (Å²) in [6.45, 7) is 11.0. The van der Waals surface area contributed by atoms with Crippen molar-refractivity contribution in [2.45, 2.75) is 46.2 Å². The minimum absolute atomic E-state index is 0.000556. The zero-order chi connectivity index (χ0) is 13.5. The number of amides is 1. The van der Waals surface area contributed by atoms with Crippen molar-refractivity contribution in [3.8, 4) is 0 Å². The van der Waals surface area contributed by atoms with E-state index in [1.165, 1.54) is 18.3 Å². The number of nitrogens with zero attached hydrogens (tertiary/aromatic N) is 2. The fourth-order valence-corrected chi connectivity index (χ4v) is 4.86. The smallest absolute Gasteiger partial charge is 0.415 e. The van der Waals surface area contributed by atoms with Gasteiger partial charge in [0, 0.05) is 10.8 Å². The van der Waals surface area contributed by atoms with Gasteiger partial charge in [-0.3, -0.25) is 9.89 Å². The molecule has 2 aliphatic carbocycles. The van der Waals surface area contributed by atoms with Crippen molar-refractivity contribution in [1.82, 2.24) is 4.90 Å². The van der Waals surface area contributed by atoms with E-state index in [9.17, 15) is 4.79 Å². The molecule has 0 aromatic rings. The number of fused-ring (bicyclic) bond motifs is 4. The van der Waals surface area contributed by atoms with Crippen LogP contribution >= 0.6 is 0 Å². The second-order valence-electron chi connectivity index (χ2n) is 6.23. The summed E-state index contributed by atoms with van der Waals surface area (Å²) >= 11 is 0. The average molecular weight is 248 g/mol. The van der Waals surface area contributed by atoms with Gasteiger partial charge in [-0.15, -0.1) is 0 Å². The highest BCUT2D eigenvalue weighted by atomic mass is 16.5. The van der Waals surface area contributed by atoms with Gasteiger partial charge in [-0.2, -0.15) is 0 Å². The van der Waals surface area contributed by atoms with E-state index in [0.29, 0.717) is 0 Å². The predicted molar refractivity (Wildman–Crippen MR) is 69.5 cm³/mol. The highest BCUT2D eigenvalue weighted by molar-refractivity contribution is 5.88. The molecule has 4 unspecified atom stereocenters. The molecule has 0 aromatic carbocycles. The molecular weight excluding hydrogens is 228 g/mol. The van der Waals surface area contributed by atoms with Gasteiger partial charge in [0.05, 0.1) is 25.0 Å². The molecule has 0 bridgehead atoms. The summed E-state index contributed by atoms with van der Waals surface area (Å²) in [5.41, 5.74) is 2.63. The van der Waals surface area contributed by atoms with Crippen molar-refractivity contribution >= 4 is 12.4 Å². The lowest BCUT2D eigenvalue weighted by atomic mass is 9.28. The molecule has 0 aromatic heterocycles. The lowest BCUT2D eigenvalue weighted by Crippen LogP contribution is -2.84. The van der Waals surface area contributed by atoms with Gasteiger partial charge >= 0.3 is 6.09 Å². The number of ether oxygens (including phenoxy) is 1. The maximum atomic E-state index is 11.9. The number of hydrogen-bond acceptors (Lipinski definition) is 3. The Bertz CT molecular complexity index is 524. The third kappa shape index (κ3) is 0.722. The fourth-order valence-electron chi connectivity index (χ4n) is 4.86. The first-order valence-corrected chi connectivity index (χ1v) is 6.37. The average Bonchev–Trinajstić information content (AvgIpc) is 2.71. The largest absolute Gasteiger partial charge is 0.452 e. The van der Waals surface area contributed by atoms with E-state index >= 15 is 0 Å². The maximum Gasteiger partial charge on any atom is 0.415 e. The predicted octanol–water partition coefficient (Wildman–Crippen LogP) is 2.60. The van der Waals surface area contributed by atoms with Crippen LogP contribution in [0.2, 0.25) is 0 Å². The molecule has 0 saturated heterocycles. The first kappa shape index (κ1) is 11.8. The Morgan fingerprint density at radius 1 is 1.33 bits per heavy atom. The van der Waals surface area contributed by atoms with E-state index in [0.717, 1.165) is 0 Å². The van der Waals surface area contributed by atoms with Gasteiger partial charge in [-0.05, 0) is 20.8 Å². The minimum Gasteiger partial charge on any atom is -0.452 e. The first-order valence-electron chi connectivity index (χ1n) is 6.37. The van der Waals surface area contributed by atoms with Gasteiger partial charge in [-0.1, -0.05) is 25.0 Å². The summed E-state index contributed by atoms with van der Waals surface area (Å²) < 4.78 is 4.88. The molecule has 18 heavy (non-hydrogen) atoms. The number of hydrogen-bond donors (Lipinski definition) is 0.